The Bertz CT molecular complexity index is 767. The number of aliphatic hydroxyl groups excluding tert-OH is 1. The van der Waals surface area contributed by atoms with E-state index in [0.717, 1.165) is 0 Å². The van der Waals surface area contributed by atoms with Crippen LogP contribution in [0.4, 0.5) is 18.9 Å². The fourth-order valence-electron chi connectivity index (χ4n) is 3.05. The number of allylic oxidation sites excluding steroid dienone is 1. The monoisotopic (exact) mass is 423 g/mol. The number of ether oxygens (including phenoxy) is 1. The van der Waals surface area contributed by atoms with Crippen molar-refractivity contribution < 1.29 is 36.6 Å². The highest BCUT2D eigenvalue weighted by Gasteiger charge is 2.51. The fourth-order valence-corrected chi connectivity index (χ4v) is 4.94. The normalized spacial score (nSPS) is 17.4. The largest absolute Gasteiger partial charge is 0.451 e. The lowest BCUT2D eigenvalue weighted by Crippen LogP contribution is -2.27. The first-order valence-electron chi connectivity index (χ1n) is 9.08. The molecule has 0 amide bonds. The number of hydrogen-bond acceptors (Lipinski definition) is 6. The number of nitrogens with zero attached hydrogens (tertiary/aromatic N) is 1. The zero-order valence-electron chi connectivity index (χ0n) is 16.2. The minimum Gasteiger partial charge on any atom is -0.451 e. The summed E-state index contributed by atoms with van der Waals surface area (Å²) in [7, 11) is -4.43. The van der Waals surface area contributed by atoms with E-state index in [4.69, 9.17) is 13.8 Å². The van der Waals surface area contributed by atoms with Gasteiger partial charge in [-0.15, -0.1) is 0 Å². The molecule has 0 saturated heterocycles. The molecule has 6 nitrogen and oxygen atoms in total. The van der Waals surface area contributed by atoms with Crippen molar-refractivity contribution in [3.05, 3.63) is 34.8 Å². The van der Waals surface area contributed by atoms with E-state index in [0.29, 0.717) is 18.8 Å². The summed E-state index contributed by atoms with van der Waals surface area (Å²) in [5.74, 6) is -1.71. The molecule has 0 fully saturated rings. The number of anilines is 1. The van der Waals surface area contributed by atoms with Crippen LogP contribution in [0.5, 0.6) is 5.75 Å². The van der Waals surface area contributed by atoms with E-state index in [1.807, 2.05) is 18.7 Å². The molecule has 1 atom stereocenters. The highest BCUT2D eigenvalue weighted by molar-refractivity contribution is 7.58. The third-order valence-electron chi connectivity index (χ3n) is 4.27. The Kier molecular flexibility index (Phi) is 7.20. The average Bonchev–Trinajstić information content (AvgIpc) is 2.62. The van der Waals surface area contributed by atoms with Crippen LogP contribution in [-0.2, 0) is 13.6 Å². The van der Waals surface area contributed by atoms with Gasteiger partial charge in [-0.3, -0.25) is 4.57 Å². The van der Waals surface area contributed by atoms with E-state index < -0.39 is 30.9 Å². The van der Waals surface area contributed by atoms with Crippen LogP contribution in [0.15, 0.2) is 29.3 Å². The van der Waals surface area contributed by atoms with E-state index in [-0.39, 0.29) is 24.5 Å². The summed E-state index contributed by atoms with van der Waals surface area (Å²) in [5.41, 5.74) is 0.720. The topological polar surface area (TPSA) is 68.2 Å². The van der Waals surface area contributed by atoms with Crippen molar-refractivity contribution in [1.29, 1.82) is 0 Å². The summed E-state index contributed by atoms with van der Waals surface area (Å²) in [6.07, 6.45) is -6.83. The molecule has 0 aromatic heterocycles. The van der Waals surface area contributed by atoms with E-state index in [1.54, 1.807) is 6.07 Å². The van der Waals surface area contributed by atoms with Crippen LogP contribution in [0.1, 0.15) is 39.4 Å². The van der Waals surface area contributed by atoms with Crippen LogP contribution in [0, 0.1) is 0 Å². The minimum absolute atomic E-state index is 0.0681. The van der Waals surface area contributed by atoms with Crippen LogP contribution < -0.4 is 9.64 Å². The number of fused-ring (bicyclic) bond motifs is 1. The molecule has 10 heteroatoms. The number of halogens is 3. The summed E-state index contributed by atoms with van der Waals surface area (Å²) >= 11 is 0. The molecule has 0 bridgehead atoms. The number of hydrogen-bond donors (Lipinski definition) is 1. The van der Waals surface area contributed by atoms with Gasteiger partial charge in [0.15, 0.2) is 0 Å². The van der Waals surface area contributed by atoms with Gasteiger partial charge in [0.05, 0.1) is 13.2 Å². The standard InChI is InChI=1S/C18H25F3NO5P/c1-5-22(6-2)12-9-10-13-14(11-12)27-17(18(19,20)21)16(15(13)23)28(24,25-7-3)26-8-4/h9-11,15,23H,5-8H2,1-4H3. The molecule has 1 aliphatic rings. The second kappa shape index (κ2) is 8.86. The predicted octanol–water partition coefficient (Wildman–Crippen LogP) is 5.00. The van der Waals surface area contributed by atoms with Gasteiger partial charge in [-0.25, -0.2) is 0 Å². The molecule has 0 aliphatic carbocycles. The summed E-state index contributed by atoms with van der Waals surface area (Å²) in [4.78, 5) is 1.92. The van der Waals surface area contributed by atoms with Crippen molar-refractivity contribution in [3.8, 4) is 5.75 Å². The van der Waals surface area contributed by atoms with Crippen molar-refractivity contribution in [1.82, 2.24) is 0 Å². The number of rotatable bonds is 8. The molecule has 1 aliphatic heterocycles. The Balaban J connectivity index is 2.64. The smallest absolute Gasteiger partial charge is 0.450 e. The lowest BCUT2D eigenvalue weighted by molar-refractivity contribution is -0.119. The molecule has 1 heterocycles. The molecule has 1 aromatic carbocycles. The van der Waals surface area contributed by atoms with Crippen molar-refractivity contribution in [2.45, 2.75) is 40.0 Å². The van der Waals surface area contributed by atoms with Crippen LogP contribution in [0.2, 0.25) is 0 Å². The first-order valence-corrected chi connectivity index (χ1v) is 10.6. The van der Waals surface area contributed by atoms with Crippen LogP contribution >= 0.6 is 7.60 Å². The first-order chi connectivity index (χ1) is 13.1. The van der Waals surface area contributed by atoms with Crippen molar-refractivity contribution in [3.63, 3.8) is 0 Å². The van der Waals surface area contributed by atoms with Crippen molar-refractivity contribution >= 4 is 13.3 Å². The number of aliphatic hydroxyl groups is 1. The molecule has 158 valence electrons. The van der Waals surface area contributed by atoms with E-state index in [2.05, 4.69) is 0 Å². The third-order valence-corrected chi connectivity index (χ3v) is 6.51. The van der Waals surface area contributed by atoms with Crippen LogP contribution in [0.25, 0.3) is 0 Å². The molecule has 1 aromatic rings. The Morgan fingerprint density at radius 3 is 2.18 bits per heavy atom. The van der Waals surface area contributed by atoms with Gasteiger partial charge in [0.25, 0.3) is 0 Å². The summed E-state index contributed by atoms with van der Waals surface area (Å²) in [6.45, 7) is 7.75. The van der Waals surface area contributed by atoms with E-state index in [9.17, 15) is 22.8 Å². The van der Waals surface area contributed by atoms with Crippen molar-refractivity contribution in [2.24, 2.45) is 0 Å². The van der Waals surface area contributed by atoms with Gasteiger partial charge < -0.3 is 23.8 Å². The van der Waals surface area contributed by atoms with Crippen LogP contribution in [0.3, 0.4) is 0 Å². The molecule has 0 saturated carbocycles. The van der Waals surface area contributed by atoms with Gasteiger partial charge >= 0.3 is 13.8 Å². The van der Waals surface area contributed by atoms with Crippen LogP contribution in [-0.4, -0.2) is 37.6 Å². The van der Waals surface area contributed by atoms with Gasteiger partial charge in [-0.1, -0.05) is 6.07 Å². The summed E-state index contributed by atoms with van der Waals surface area (Å²) < 4.78 is 69.5. The molecular weight excluding hydrogens is 398 g/mol. The molecular formula is C18H25F3NO5P. The Hall–Kier alpha value is -1.54. The average molecular weight is 423 g/mol. The maximum absolute atomic E-state index is 13.7. The quantitative estimate of drug-likeness (QED) is 0.594. The highest BCUT2D eigenvalue weighted by Crippen LogP contribution is 2.64. The molecule has 28 heavy (non-hydrogen) atoms. The molecule has 1 N–H and O–H groups in total. The zero-order chi connectivity index (χ0) is 21.1. The van der Waals surface area contributed by atoms with Gasteiger partial charge in [0, 0.05) is 30.4 Å². The molecule has 0 radical (unpaired) electrons. The zero-order valence-corrected chi connectivity index (χ0v) is 17.1. The van der Waals surface area contributed by atoms with E-state index in [1.165, 1.54) is 26.0 Å². The second-order valence-electron chi connectivity index (χ2n) is 5.94. The molecule has 1 unspecified atom stereocenters. The SMILES string of the molecule is CCOP(=O)(OCC)C1=C(C(F)(F)F)Oc2cc(N(CC)CC)ccc2C1O. The Labute approximate surface area is 162 Å². The van der Waals surface area contributed by atoms with Crippen molar-refractivity contribution in [2.75, 3.05) is 31.2 Å². The summed E-state index contributed by atoms with van der Waals surface area (Å²) in [6, 6.07) is 4.56. The van der Waals surface area contributed by atoms with Gasteiger partial charge in [-0.05, 0) is 33.8 Å². The van der Waals surface area contributed by atoms with Gasteiger partial charge in [0.2, 0.25) is 5.76 Å². The lowest BCUT2D eigenvalue weighted by Gasteiger charge is -2.32. The predicted molar refractivity (Wildman–Crippen MR) is 99.5 cm³/mol. The maximum Gasteiger partial charge on any atom is 0.450 e. The van der Waals surface area contributed by atoms with E-state index >= 15 is 0 Å². The number of benzene rings is 1. The minimum atomic E-state index is -5.00. The number of alkyl halides is 3. The highest BCUT2D eigenvalue weighted by atomic mass is 31.2. The van der Waals surface area contributed by atoms with Gasteiger partial charge in [0.1, 0.15) is 17.2 Å². The lowest BCUT2D eigenvalue weighted by atomic mass is 10.0. The second-order valence-corrected chi connectivity index (χ2v) is 7.94. The Morgan fingerprint density at radius 1 is 1.14 bits per heavy atom. The third kappa shape index (κ3) is 4.38. The first kappa shape index (κ1) is 22.7. The van der Waals surface area contributed by atoms with Gasteiger partial charge in [-0.2, -0.15) is 13.2 Å². The fraction of sp³-hybridized carbons (Fsp3) is 0.556. The maximum atomic E-state index is 13.7. The molecule has 2 rings (SSSR count). The Morgan fingerprint density at radius 2 is 1.71 bits per heavy atom. The summed E-state index contributed by atoms with van der Waals surface area (Å²) in [5, 5.41) is 9.78. The molecule has 0 spiro atoms.